The van der Waals surface area contributed by atoms with Gasteiger partial charge in [-0.15, -0.1) is 0 Å². The number of hydrogen-bond acceptors (Lipinski definition) is 7. The Balaban J connectivity index is 1.47. The van der Waals surface area contributed by atoms with Gasteiger partial charge >= 0.3 is 0 Å². The number of rotatable bonds is 5. The number of likely N-dealkylation sites (N-methyl/N-ethyl adjacent to an activating group) is 1. The summed E-state index contributed by atoms with van der Waals surface area (Å²) in [7, 11) is 2.02. The molecule has 7 nitrogen and oxygen atoms in total. The predicted octanol–water partition coefficient (Wildman–Crippen LogP) is 2.67. The maximum atomic E-state index is 5.91. The van der Waals surface area contributed by atoms with Crippen LogP contribution in [-0.4, -0.2) is 33.7 Å². The third-order valence-corrected chi connectivity index (χ3v) is 4.70. The molecule has 2 aromatic heterocycles. The number of nitrogens with zero attached hydrogens (tertiary/aromatic N) is 5. The fourth-order valence-electron chi connectivity index (χ4n) is 3.34. The highest BCUT2D eigenvalue weighted by molar-refractivity contribution is 5.54. The van der Waals surface area contributed by atoms with Gasteiger partial charge in [0.1, 0.15) is 5.82 Å². The highest BCUT2D eigenvalue weighted by Crippen LogP contribution is 2.28. The van der Waals surface area contributed by atoms with Crippen molar-refractivity contribution >= 4 is 11.8 Å². The van der Waals surface area contributed by atoms with E-state index in [2.05, 4.69) is 25.0 Å². The first-order valence-electron chi connectivity index (χ1n) is 8.95. The summed E-state index contributed by atoms with van der Waals surface area (Å²) in [5, 5.41) is 4.07. The third-order valence-electron chi connectivity index (χ3n) is 4.70. The van der Waals surface area contributed by atoms with Gasteiger partial charge < -0.3 is 15.2 Å². The summed E-state index contributed by atoms with van der Waals surface area (Å²) in [6.45, 7) is 0.722. The Labute approximate surface area is 152 Å². The Morgan fingerprint density at radius 3 is 2.73 bits per heavy atom. The predicted molar refractivity (Wildman–Crippen MR) is 99.8 cm³/mol. The highest BCUT2D eigenvalue weighted by atomic mass is 16.5. The molecule has 0 unspecified atom stereocenters. The van der Waals surface area contributed by atoms with Gasteiger partial charge in [-0.2, -0.15) is 9.97 Å². The van der Waals surface area contributed by atoms with Gasteiger partial charge in [0.05, 0.1) is 5.69 Å². The fourth-order valence-corrected chi connectivity index (χ4v) is 3.34. The molecule has 0 saturated carbocycles. The summed E-state index contributed by atoms with van der Waals surface area (Å²) in [5.41, 5.74) is 9.18. The van der Waals surface area contributed by atoms with E-state index < -0.39 is 0 Å². The van der Waals surface area contributed by atoms with Crippen molar-refractivity contribution in [3.8, 4) is 11.4 Å². The molecule has 4 rings (SSSR count). The van der Waals surface area contributed by atoms with Crippen LogP contribution in [-0.2, 0) is 19.3 Å². The first-order chi connectivity index (χ1) is 12.7. The third kappa shape index (κ3) is 3.37. The van der Waals surface area contributed by atoms with E-state index in [4.69, 9.17) is 10.3 Å². The standard InChI is InChI=1S/C19H22N6O/c1-25(18-14-9-5-6-10-15(14)21-19(20)23-18)12-11-16-22-17(24-26-16)13-7-3-2-4-8-13/h2-4,7-8H,5-6,9-12H2,1H3,(H2,20,21,23). The molecule has 2 heterocycles. The molecular formula is C19H22N6O. The van der Waals surface area contributed by atoms with E-state index in [-0.39, 0.29) is 0 Å². The SMILES string of the molecule is CN(CCc1nc(-c2ccccc2)no1)c1nc(N)nc2c1CCCC2. The van der Waals surface area contributed by atoms with Crippen molar-refractivity contribution in [1.82, 2.24) is 20.1 Å². The van der Waals surface area contributed by atoms with Gasteiger partial charge in [0, 0.05) is 31.1 Å². The second kappa shape index (κ2) is 7.11. The van der Waals surface area contributed by atoms with E-state index in [0.29, 0.717) is 24.1 Å². The minimum Gasteiger partial charge on any atom is -0.368 e. The number of aryl methyl sites for hydroxylation is 1. The Morgan fingerprint density at radius 2 is 1.88 bits per heavy atom. The second-order valence-corrected chi connectivity index (χ2v) is 6.59. The molecule has 2 N–H and O–H groups in total. The van der Waals surface area contributed by atoms with E-state index in [1.54, 1.807) is 0 Å². The zero-order valence-electron chi connectivity index (χ0n) is 14.9. The molecule has 0 saturated heterocycles. The Morgan fingerprint density at radius 1 is 1.08 bits per heavy atom. The lowest BCUT2D eigenvalue weighted by Gasteiger charge is -2.24. The summed E-state index contributed by atoms with van der Waals surface area (Å²) in [4.78, 5) is 15.5. The van der Waals surface area contributed by atoms with Crippen LogP contribution >= 0.6 is 0 Å². The lowest BCUT2D eigenvalue weighted by molar-refractivity contribution is 0.379. The monoisotopic (exact) mass is 350 g/mol. The molecule has 7 heteroatoms. The lowest BCUT2D eigenvalue weighted by Crippen LogP contribution is -2.25. The molecule has 3 aromatic rings. The first kappa shape index (κ1) is 16.5. The average molecular weight is 350 g/mol. The van der Waals surface area contributed by atoms with Crippen molar-refractivity contribution < 1.29 is 4.52 Å². The number of benzene rings is 1. The van der Waals surface area contributed by atoms with Crippen molar-refractivity contribution in [2.45, 2.75) is 32.1 Å². The number of anilines is 2. The van der Waals surface area contributed by atoms with Gasteiger partial charge in [-0.25, -0.2) is 4.98 Å². The summed E-state index contributed by atoms with van der Waals surface area (Å²) < 4.78 is 5.40. The van der Waals surface area contributed by atoms with Crippen LogP contribution in [0.3, 0.4) is 0 Å². The summed E-state index contributed by atoms with van der Waals surface area (Å²) >= 11 is 0. The van der Waals surface area contributed by atoms with Crippen LogP contribution in [0.15, 0.2) is 34.9 Å². The Hall–Kier alpha value is -2.96. The summed E-state index contributed by atoms with van der Waals surface area (Å²) in [5.74, 6) is 2.50. The normalized spacial score (nSPS) is 13.4. The van der Waals surface area contributed by atoms with E-state index >= 15 is 0 Å². The molecule has 0 amide bonds. The molecule has 0 fully saturated rings. The minimum absolute atomic E-state index is 0.344. The van der Waals surface area contributed by atoms with Crippen LogP contribution in [0.2, 0.25) is 0 Å². The molecule has 0 bridgehead atoms. The van der Waals surface area contributed by atoms with Gasteiger partial charge in [0.2, 0.25) is 17.7 Å². The molecule has 0 radical (unpaired) electrons. The number of nitrogens with two attached hydrogens (primary N) is 1. The maximum absolute atomic E-state index is 5.91. The largest absolute Gasteiger partial charge is 0.368 e. The van der Waals surface area contributed by atoms with Gasteiger partial charge in [-0.1, -0.05) is 35.5 Å². The van der Waals surface area contributed by atoms with Crippen LogP contribution < -0.4 is 10.6 Å². The van der Waals surface area contributed by atoms with Gasteiger partial charge in [-0.3, -0.25) is 0 Å². The summed E-state index contributed by atoms with van der Waals surface area (Å²) in [6, 6.07) is 9.82. The molecule has 0 spiro atoms. The van der Waals surface area contributed by atoms with E-state index in [1.165, 1.54) is 12.0 Å². The molecule has 1 aliphatic rings. The van der Waals surface area contributed by atoms with Crippen molar-refractivity contribution in [1.29, 1.82) is 0 Å². The lowest BCUT2D eigenvalue weighted by atomic mass is 9.96. The van der Waals surface area contributed by atoms with Crippen molar-refractivity contribution in [3.05, 3.63) is 47.5 Å². The van der Waals surface area contributed by atoms with Crippen molar-refractivity contribution in [3.63, 3.8) is 0 Å². The number of fused-ring (bicyclic) bond motifs is 1. The number of nitrogen functional groups attached to an aromatic ring is 1. The molecule has 1 aromatic carbocycles. The highest BCUT2D eigenvalue weighted by Gasteiger charge is 2.20. The Bertz CT molecular complexity index is 892. The van der Waals surface area contributed by atoms with Crippen LogP contribution in [0.25, 0.3) is 11.4 Å². The van der Waals surface area contributed by atoms with Crippen molar-refractivity contribution in [2.75, 3.05) is 24.2 Å². The topological polar surface area (TPSA) is 94.0 Å². The Kier molecular flexibility index (Phi) is 4.51. The quantitative estimate of drug-likeness (QED) is 0.756. The van der Waals surface area contributed by atoms with Crippen molar-refractivity contribution in [2.24, 2.45) is 0 Å². The van der Waals surface area contributed by atoms with Crippen LogP contribution in [0.4, 0.5) is 11.8 Å². The molecule has 0 aliphatic heterocycles. The number of hydrogen-bond donors (Lipinski definition) is 1. The molecule has 1 aliphatic carbocycles. The average Bonchev–Trinajstić information content (AvgIpc) is 3.15. The smallest absolute Gasteiger partial charge is 0.228 e. The van der Waals surface area contributed by atoms with Gasteiger partial charge in [0.25, 0.3) is 0 Å². The van der Waals surface area contributed by atoms with Gasteiger partial charge in [-0.05, 0) is 25.7 Å². The zero-order valence-corrected chi connectivity index (χ0v) is 14.9. The van der Waals surface area contributed by atoms with E-state index in [1.807, 2.05) is 37.4 Å². The summed E-state index contributed by atoms with van der Waals surface area (Å²) in [6.07, 6.45) is 4.97. The fraction of sp³-hybridized carbons (Fsp3) is 0.368. The van der Waals surface area contributed by atoms with E-state index in [0.717, 1.165) is 42.9 Å². The van der Waals surface area contributed by atoms with Crippen LogP contribution in [0.5, 0.6) is 0 Å². The molecule has 134 valence electrons. The van der Waals surface area contributed by atoms with E-state index in [9.17, 15) is 0 Å². The molecule has 0 atom stereocenters. The maximum Gasteiger partial charge on any atom is 0.228 e. The number of aromatic nitrogens is 4. The minimum atomic E-state index is 0.344. The second-order valence-electron chi connectivity index (χ2n) is 6.59. The van der Waals surface area contributed by atoms with Gasteiger partial charge in [0.15, 0.2) is 0 Å². The van der Waals surface area contributed by atoms with Crippen LogP contribution in [0, 0.1) is 0 Å². The zero-order chi connectivity index (χ0) is 17.9. The first-order valence-corrected chi connectivity index (χ1v) is 8.95. The van der Waals surface area contributed by atoms with Crippen LogP contribution in [0.1, 0.15) is 30.0 Å². The molecular weight excluding hydrogens is 328 g/mol. The molecule has 26 heavy (non-hydrogen) atoms.